The molecule has 0 fully saturated rings. The molecule has 0 saturated carbocycles. The third kappa shape index (κ3) is 3.30. The Morgan fingerprint density at radius 3 is 2.76 bits per heavy atom. The lowest BCUT2D eigenvalue weighted by Crippen LogP contribution is -1.88. The van der Waals surface area contributed by atoms with Gasteiger partial charge in [0.2, 0.25) is 0 Å². The molecule has 0 aliphatic rings. The average Bonchev–Trinajstić information content (AvgIpc) is 3.07. The van der Waals surface area contributed by atoms with E-state index in [-0.39, 0.29) is 0 Å². The normalized spacial score (nSPS) is 11.0. The number of nitrogens with two attached hydrogens (primary N) is 1. The van der Waals surface area contributed by atoms with Gasteiger partial charge in [-0.2, -0.15) is 4.98 Å². The third-order valence-electron chi connectivity index (χ3n) is 2.87. The molecule has 0 spiro atoms. The number of aromatic nitrogens is 2. The largest absolute Gasteiger partial charge is 0.397 e. The minimum atomic E-state index is 0.497. The molecule has 0 saturated heterocycles. The van der Waals surface area contributed by atoms with Gasteiger partial charge in [0.1, 0.15) is 4.88 Å². The van der Waals surface area contributed by atoms with Crippen LogP contribution in [0.15, 0.2) is 43.5 Å². The number of aryl methyl sites for hydroxylation is 1. The molecule has 21 heavy (non-hydrogen) atoms. The highest BCUT2D eigenvalue weighted by atomic mass is 79.9. The van der Waals surface area contributed by atoms with E-state index in [0.717, 1.165) is 25.5 Å². The minimum Gasteiger partial charge on any atom is -0.397 e. The fraction of sp³-hybridized carbons (Fsp3) is 0.143. The van der Waals surface area contributed by atoms with Gasteiger partial charge in [0, 0.05) is 9.37 Å². The molecule has 4 nitrogen and oxygen atoms in total. The molecule has 2 aromatic heterocycles. The summed E-state index contributed by atoms with van der Waals surface area (Å²) in [6.07, 6.45) is 0. The molecule has 7 heteroatoms. The Labute approximate surface area is 138 Å². The number of rotatable bonds is 4. The highest BCUT2D eigenvalue weighted by molar-refractivity contribution is 9.10. The van der Waals surface area contributed by atoms with Gasteiger partial charge in [-0.3, -0.25) is 0 Å². The predicted octanol–water partition coefficient (Wildman–Crippen LogP) is 4.74. The minimum absolute atomic E-state index is 0.497. The molecule has 0 aliphatic heterocycles. The topological polar surface area (TPSA) is 64.9 Å². The number of thiophene rings is 1. The van der Waals surface area contributed by atoms with Gasteiger partial charge < -0.3 is 10.3 Å². The Kier molecular flexibility index (Phi) is 4.32. The van der Waals surface area contributed by atoms with Crippen molar-refractivity contribution in [3.63, 3.8) is 0 Å². The summed E-state index contributed by atoms with van der Waals surface area (Å²) in [7, 11) is 0. The van der Waals surface area contributed by atoms with Gasteiger partial charge >= 0.3 is 0 Å². The number of nitrogen functional groups attached to an aromatic ring is 1. The lowest BCUT2D eigenvalue weighted by Gasteiger charge is -1.97. The van der Waals surface area contributed by atoms with E-state index < -0.39 is 0 Å². The van der Waals surface area contributed by atoms with Crippen LogP contribution < -0.4 is 5.73 Å². The van der Waals surface area contributed by atoms with Crippen LogP contribution in [0.3, 0.4) is 0 Å². The molecule has 108 valence electrons. The van der Waals surface area contributed by atoms with E-state index in [2.05, 4.69) is 38.2 Å². The van der Waals surface area contributed by atoms with Gasteiger partial charge in [-0.05, 0) is 42.1 Å². The van der Waals surface area contributed by atoms with Crippen LogP contribution in [0.1, 0.15) is 11.4 Å². The maximum atomic E-state index is 6.00. The van der Waals surface area contributed by atoms with Crippen molar-refractivity contribution in [2.45, 2.75) is 17.6 Å². The molecular formula is C14H12BrN3OS2. The Balaban J connectivity index is 1.70. The number of benzene rings is 1. The first-order valence-electron chi connectivity index (χ1n) is 6.18. The highest BCUT2D eigenvalue weighted by Crippen LogP contribution is 2.34. The van der Waals surface area contributed by atoms with E-state index in [4.69, 9.17) is 10.3 Å². The van der Waals surface area contributed by atoms with E-state index >= 15 is 0 Å². The summed E-state index contributed by atoms with van der Waals surface area (Å²) in [5.74, 6) is 1.83. The van der Waals surface area contributed by atoms with Gasteiger partial charge in [-0.25, -0.2) is 0 Å². The first kappa shape index (κ1) is 14.6. The van der Waals surface area contributed by atoms with Crippen molar-refractivity contribution < 1.29 is 4.52 Å². The standard InChI is InChI=1S/C14H12BrN3OS2/c1-8-6-21-13(12(8)16)14-17-11(18-19-14)7-20-10-4-2-9(15)3-5-10/h2-6H,7,16H2,1H3. The van der Waals surface area contributed by atoms with Gasteiger partial charge in [-0.1, -0.05) is 21.1 Å². The first-order chi connectivity index (χ1) is 10.1. The average molecular weight is 382 g/mol. The Hall–Kier alpha value is -1.31. The second kappa shape index (κ2) is 6.21. The molecule has 2 heterocycles. The summed E-state index contributed by atoms with van der Waals surface area (Å²) in [4.78, 5) is 6.42. The molecule has 1 aromatic carbocycles. The maximum absolute atomic E-state index is 6.00. The zero-order chi connectivity index (χ0) is 14.8. The molecule has 0 unspecified atom stereocenters. The van der Waals surface area contributed by atoms with Gasteiger partial charge in [0.25, 0.3) is 5.89 Å². The van der Waals surface area contributed by atoms with E-state index in [0.29, 0.717) is 17.5 Å². The predicted molar refractivity (Wildman–Crippen MR) is 90.5 cm³/mol. The molecule has 3 rings (SSSR count). The summed E-state index contributed by atoms with van der Waals surface area (Å²) in [6, 6.07) is 8.13. The number of thioether (sulfide) groups is 1. The Bertz CT molecular complexity index is 752. The molecule has 0 amide bonds. The third-order valence-corrected chi connectivity index (χ3v) is 5.51. The van der Waals surface area contributed by atoms with Crippen LogP contribution in [0.2, 0.25) is 0 Å². The van der Waals surface area contributed by atoms with Crippen LogP contribution in [-0.2, 0) is 5.75 Å². The van der Waals surface area contributed by atoms with Crippen molar-refractivity contribution in [1.82, 2.24) is 10.1 Å². The number of hydrogen-bond acceptors (Lipinski definition) is 6. The van der Waals surface area contributed by atoms with E-state index in [1.54, 1.807) is 11.8 Å². The zero-order valence-electron chi connectivity index (χ0n) is 11.2. The van der Waals surface area contributed by atoms with Crippen molar-refractivity contribution in [3.05, 3.63) is 45.5 Å². The van der Waals surface area contributed by atoms with Crippen LogP contribution >= 0.6 is 39.0 Å². The lowest BCUT2D eigenvalue weighted by molar-refractivity contribution is 0.426. The van der Waals surface area contributed by atoms with E-state index in [1.165, 1.54) is 11.3 Å². The van der Waals surface area contributed by atoms with E-state index in [1.807, 2.05) is 24.4 Å². The Morgan fingerprint density at radius 1 is 1.33 bits per heavy atom. The SMILES string of the molecule is Cc1csc(-c2nc(CSc3ccc(Br)cc3)no2)c1N. The quantitative estimate of drug-likeness (QED) is 0.660. The van der Waals surface area contributed by atoms with Crippen molar-refractivity contribution in [1.29, 1.82) is 0 Å². The lowest BCUT2D eigenvalue weighted by atomic mass is 10.3. The smallest absolute Gasteiger partial charge is 0.270 e. The van der Waals surface area contributed by atoms with Crippen LogP contribution in [0.4, 0.5) is 5.69 Å². The Morgan fingerprint density at radius 2 is 2.10 bits per heavy atom. The second-order valence-electron chi connectivity index (χ2n) is 4.42. The monoisotopic (exact) mass is 381 g/mol. The van der Waals surface area contributed by atoms with Crippen molar-refractivity contribution >= 4 is 44.7 Å². The van der Waals surface area contributed by atoms with Crippen LogP contribution in [-0.4, -0.2) is 10.1 Å². The van der Waals surface area contributed by atoms with Crippen LogP contribution in [0.5, 0.6) is 0 Å². The maximum Gasteiger partial charge on any atom is 0.270 e. The molecule has 0 radical (unpaired) electrons. The van der Waals surface area contributed by atoms with Gasteiger partial charge in [0.05, 0.1) is 11.4 Å². The molecule has 3 aromatic rings. The number of nitrogens with zero attached hydrogens (tertiary/aromatic N) is 2. The fourth-order valence-electron chi connectivity index (χ4n) is 1.70. The highest BCUT2D eigenvalue weighted by Gasteiger charge is 2.15. The molecule has 0 bridgehead atoms. The van der Waals surface area contributed by atoms with Crippen molar-refractivity contribution in [3.8, 4) is 10.8 Å². The van der Waals surface area contributed by atoms with Crippen molar-refractivity contribution in [2.24, 2.45) is 0 Å². The summed E-state index contributed by atoms with van der Waals surface area (Å²) < 4.78 is 6.37. The van der Waals surface area contributed by atoms with Crippen molar-refractivity contribution in [2.75, 3.05) is 5.73 Å². The van der Waals surface area contributed by atoms with E-state index in [9.17, 15) is 0 Å². The second-order valence-corrected chi connectivity index (χ2v) is 7.26. The first-order valence-corrected chi connectivity index (χ1v) is 8.84. The van der Waals surface area contributed by atoms with Crippen LogP contribution in [0.25, 0.3) is 10.8 Å². The fourth-order valence-corrected chi connectivity index (χ4v) is 3.60. The molecule has 2 N–H and O–H groups in total. The summed E-state index contributed by atoms with van der Waals surface area (Å²) in [5.41, 5.74) is 7.76. The number of hydrogen-bond donors (Lipinski definition) is 1. The molecular weight excluding hydrogens is 370 g/mol. The number of halogens is 1. The molecule has 0 atom stereocenters. The van der Waals surface area contributed by atoms with Gasteiger partial charge in [-0.15, -0.1) is 23.1 Å². The summed E-state index contributed by atoms with van der Waals surface area (Å²) in [5, 5.41) is 6.00. The molecule has 0 aliphatic carbocycles. The summed E-state index contributed by atoms with van der Waals surface area (Å²) >= 11 is 6.61. The zero-order valence-corrected chi connectivity index (χ0v) is 14.4. The number of anilines is 1. The van der Waals surface area contributed by atoms with Gasteiger partial charge in [0.15, 0.2) is 5.82 Å². The summed E-state index contributed by atoms with van der Waals surface area (Å²) in [6.45, 7) is 1.97. The van der Waals surface area contributed by atoms with Crippen LogP contribution in [0, 0.1) is 6.92 Å².